The topological polar surface area (TPSA) is 35.2 Å². The Bertz CT molecular complexity index is 702. The number of benzene rings is 2. The predicted octanol–water partition coefficient (Wildman–Crippen LogP) is 3.16. The van der Waals surface area contributed by atoms with Crippen molar-refractivity contribution in [3.63, 3.8) is 0 Å². The molecule has 4 heteroatoms. The number of hydrogen-bond acceptors (Lipinski definition) is 2. The second-order valence-electron chi connectivity index (χ2n) is 4.54. The summed E-state index contributed by atoms with van der Waals surface area (Å²) in [7, 11) is 0. The number of hydrogen-bond donors (Lipinski definition) is 1. The average Bonchev–Trinajstić information content (AvgIpc) is 2.48. The summed E-state index contributed by atoms with van der Waals surface area (Å²) in [6.07, 6.45) is 0. The van der Waals surface area contributed by atoms with Gasteiger partial charge in [0.25, 0.3) is 0 Å². The highest BCUT2D eigenvalue weighted by Crippen LogP contribution is 2.20. The first-order chi connectivity index (χ1) is 10.1. The highest BCUT2D eigenvalue weighted by molar-refractivity contribution is 5.39. The van der Waals surface area contributed by atoms with E-state index in [1.54, 1.807) is 24.3 Å². The smallest absolute Gasteiger partial charge is 0.165 e. The van der Waals surface area contributed by atoms with Crippen molar-refractivity contribution in [3.05, 3.63) is 64.7 Å². The van der Waals surface area contributed by atoms with Crippen LogP contribution in [0.1, 0.15) is 16.7 Å². The number of rotatable bonds is 3. The van der Waals surface area contributed by atoms with E-state index in [2.05, 4.69) is 11.8 Å². The van der Waals surface area contributed by atoms with E-state index in [-0.39, 0.29) is 24.5 Å². The first-order valence-electron chi connectivity index (χ1n) is 6.46. The van der Waals surface area contributed by atoms with Crippen LogP contribution in [0.15, 0.2) is 36.4 Å². The van der Waals surface area contributed by atoms with Crippen LogP contribution in [-0.4, -0.2) is 6.54 Å². The van der Waals surface area contributed by atoms with E-state index < -0.39 is 11.6 Å². The van der Waals surface area contributed by atoms with Crippen LogP contribution in [0.2, 0.25) is 0 Å². The maximum atomic E-state index is 13.6. The Morgan fingerprint density at radius 3 is 2.62 bits per heavy atom. The fourth-order valence-corrected chi connectivity index (χ4v) is 1.79. The van der Waals surface area contributed by atoms with E-state index in [0.717, 1.165) is 5.56 Å². The molecule has 108 valence electrons. The van der Waals surface area contributed by atoms with Crippen molar-refractivity contribution in [2.45, 2.75) is 13.5 Å². The van der Waals surface area contributed by atoms with Gasteiger partial charge in [-0.25, -0.2) is 8.78 Å². The van der Waals surface area contributed by atoms with Crippen molar-refractivity contribution in [2.24, 2.45) is 5.73 Å². The van der Waals surface area contributed by atoms with E-state index in [9.17, 15) is 8.78 Å². The molecule has 0 saturated heterocycles. The van der Waals surface area contributed by atoms with Gasteiger partial charge in [-0.15, -0.1) is 0 Å². The molecule has 0 aromatic heterocycles. The Kier molecular flexibility index (Phi) is 4.91. The second-order valence-corrected chi connectivity index (χ2v) is 4.54. The van der Waals surface area contributed by atoms with Gasteiger partial charge in [-0.2, -0.15) is 0 Å². The first kappa shape index (κ1) is 15.0. The third kappa shape index (κ3) is 4.04. The van der Waals surface area contributed by atoms with Crippen LogP contribution in [0.4, 0.5) is 8.78 Å². The largest absolute Gasteiger partial charge is 0.486 e. The Balaban J connectivity index is 2.15. The number of nitrogens with two attached hydrogens (primary N) is 1. The highest BCUT2D eigenvalue weighted by Gasteiger charge is 2.06. The molecule has 0 saturated carbocycles. The number of aryl methyl sites for hydroxylation is 1. The van der Waals surface area contributed by atoms with E-state index in [4.69, 9.17) is 10.5 Å². The molecule has 0 aliphatic carbocycles. The minimum Gasteiger partial charge on any atom is -0.486 e. The van der Waals surface area contributed by atoms with Crippen molar-refractivity contribution in [2.75, 3.05) is 6.54 Å². The van der Waals surface area contributed by atoms with E-state index >= 15 is 0 Å². The molecule has 2 rings (SSSR count). The van der Waals surface area contributed by atoms with E-state index in [1.165, 1.54) is 12.1 Å². The third-order valence-electron chi connectivity index (χ3n) is 2.84. The molecule has 2 nitrogen and oxygen atoms in total. The van der Waals surface area contributed by atoms with Crippen molar-refractivity contribution in [1.29, 1.82) is 0 Å². The minimum atomic E-state index is -0.425. The van der Waals surface area contributed by atoms with Crippen LogP contribution in [0.25, 0.3) is 0 Å². The molecule has 0 unspecified atom stereocenters. The summed E-state index contributed by atoms with van der Waals surface area (Å²) in [5.74, 6) is 4.59. The molecule has 0 radical (unpaired) electrons. The zero-order valence-electron chi connectivity index (χ0n) is 11.6. The molecule has 0 bridgehead atoms. The molecule has 2 N–H and O–H groups in total. The standard InChI is InChI=1S/C17H15F2NO/c1-12-4-6-16(19)17(9-12)21-11-13-5-7-15(18)14(10-13)3-2-8-20/h4-7,9-10H,8,11,20H2,1H3. The highest BCUT2D eigenvalue weighted by atomic mass is 19.1. The quantitative estimate of drug-likeness (QED) is 0.880. The molecule has 0 spiro atoms. The summed E-state index contributed by atoms with van der Waals surface area (Å²) in [5, 5.41) is 0. The molecule has 0 aliphatic rings. The summed E-state index contributed by atoms with van der Waals surface area (Å²) in [6, 6.07) is 9.11. The first-order valence-corrected chi connectivity index (χ1v) is 6.46. The van der Waals surface area contributed by atoms with E-state index in [0.29, 0.717) is 5.56 Å². The second kappa shape index (κ2) is 6.87. The molecule has 0 atom stereocenters. The fourth-order valence-electron chi connectivity index (χ4n) is 1.79. The van der Waals surface area contributed by atoms with Crippen LogP contribution in [0.5, 0.6) is 5.75 Å². The predicted molar refractivity (Wildman–Crippen MR) is 77.8 cm³/mol. The van der Waals surface area contributed by atoms with E-state index in [1.807, 2.05) is 6.92 Å². The van der Waals surface area contributed by atoms with Crippen LogP contribution in [-0.2, 0) is 6.61 Å². The maximum absolute atomic E-state index is 13.6. The lowest BCUT2D eigenvalue weighted by Gasteiger charge is -2.08. The molecule has 2 aromatic rings. The Morgan fingerprint density at radius 2 is 1.86 bits per heavy atom. The lowest BCUT2D eigenvalue weighted by atomic mass is 10.1. The monoisotopic (exact) mass is 287 g/mol. The molecule has 0 amide bonds. The van der Waals surface area contributed by atoms with Gasteiger partial charge >= 0.3 is 0 Å². The molecule has 2 aromatic carbocycles. The normalized spacial score (nSPS) is 9.90. The van der Waals surface area contributed by atoms with Crippen molar-refractivity contribution in [1.82, 2.24) is 0 Å². The van der Waals surface area contributed by atoms with Gasteiger partial charge in [0.15, 0.2) is 11.6 Å². The third-order valence-corrected chi connectivity index (χ3v) is 2.84. The molecule has 0 heterocycles. The molecule has 0 aliphatic heterocycles. The van der Waals surface area contributed by atoms with Gasteiger partial charge in [-0.1, -0.05) is 24.0 Å². The summed E-state index contributed by atoms with van der Waals surface area (Å²) in [4.78, 5) is 0. The zero-order valence-corrected chi connectivity index (χ0v) is 11.6. The molecular weight excluding hydrogens is 272 g/mol. The summed E-state index contributed by atoms with van der Waals surface area (Å²) >= 11 is 0. The maximum Gasteiger partial charge on any atom is 0.165 e. The zero-order chi connectivity index (χ0) is 15.2. The number of ether oxygens (including phenoxy) is 1. The average molecular weight is 287 g/mol. The lowest BCUT2D eigenvalue weighted by Crippen LogP contribution is -1.99. The molecule has 0 fully saturated rings. The van der Waals surface area contributed by atoms with Gasteiger partial charge in [-0.3, -0.25) is 0 Å². The van der Waals surface area contributed by atoms with Gasteiger partial charge in [-0.05, 0) is 42.3 Å². The van der Waals surface area contributed by atoms with Gasteiger partial charge in [0, 0.05) is 0 Å². The van der Waals surface area contributed by atoms with Gasteiger partial charge < -0.3 is 10.5 Å². The van der Waals surface area contributed by atoms with Crippen molar-refractivity contribution < 1.29 is 13.5 Å². The summed E-state index contributed by atoms with van der Waals surface area (Å²) in [5.41, 5.74) is 7.13. The lowest BCUT2D eigenvalue weighted by molar-refractivity contribution is 0.290. The van der Waals surface area contributed by atoms with Crippen molar-refractivity contribution in [3.8, 4) is 17.6 Å². The van der Waals surface area contributed by atoms with Crippen LogP contribution >= 0.6 is 0 Å². The summed E-state index contributed by atoms with van der Waals surface area (Å²) < 4.78 is 32.5. The van der Waals surface area contributed by atoms with Gasteiger partial charge in [0.1, 0.15) is 12.4 Å². The van der Waals surface area contributed by atoms with Crippen LogP contribution in [0, 0.1) is 30.4 Å². The van der Waals surface area contributed by atoms with Gasteiger partial charge in [0.05, 0.1) is 12.1 Å². The fraction of sp³-hybridized carbons (Fsp3) is 0.176. The SMILES string of the molecule is Cc1ccc(F)c(OCc2ccc(F)c(C#CCN)c2)c1. The Morgan fingerprint density at radius 1 is 1.10 bits per heavy atom. The minimum absolute atomic E-state index is 0.137. The van der Waals surface area contributed by atoms with Crippen molar-refractivity contribution >= 4 is 0 Å². The molecule has 21 heavy (non-hydrogen) atoms. The molecular formula is C17H15F2NO. The number of halogens is 2. The Labute approximate surface area is 122 Å². The van der Waals surface area contributed by atoms with Crippen LogP contribution in [0.3, 0.4) is 0 Å². The van der Waals surface area contributed by atoms with Gasteiger partial charge in [0.2, 0.25) is 0 Å². The van der Waals surface area contributed by atoms with Crippen LogP contribution < -0.4 is 10.5 Å². The summed E-state index contributed by atoms with van der Waals surface area (Å²) in [6.45, 7) is 2.15. The Hall–Kier alpha value is -2.38.